The van der Waals surface area contributed by atoms with Gasteiger partial charge in [-0.05, 0) is 19.5 Å². The van der Waals surface area contributed by atoms with Crippen LogP contribution in [0.15, 0.2) is 29.4 Å². The van der Waals surface area contributed by atoms with E-state index in [-0.39, 0.29) is 0 Å². The molecule has 82 valence electrons. The summed E-state index contributed by atoms with van der Waals surface area (Å²) in [6.45, 7) is 4.54. The van der Waals surface area contributed by atoms with Crippen molar-refractivity contribution in [3.05, 3.63) is 24.4 Å². The number of aliphatic imine (C=N–C) groups is 1. The van der Waals surface area contributed by atoms with Crippen LogP contribution in [-0.2, 0) is 0 Å². The van der Waals surface area contributed by atoms with E-state index in [0.717, 1.165) is 39.0 Å². The van der Waals surface area contributed by atoms with Crippen LogP contribution in [0, 0.1) is 0 Å². The highest BCUT2D eigenvalue weighted by molar-refractivity contribution is 5.83. The van der Waals surface area contributed by atoms with Gasteiger partial charge in [0.05, 0.1) is 0 Å². The maximum atomic E-state index is 4.52. The topological polar surface area (TPSA) is 18.8 Å². The van der Waals surface area contributed by atoms with Crippen molar-refractivity contribution in [2.45, 2.75) is 12.8 Å². The molecule has 2 aliphatic heterocycles. The van der Waals surface area contributed by atoms with E-state index >= 15 is 0 Å². The second-order valence-electron chi connectivity index (χ2n) is 4.14. The molecule has 1 fully saturated rings. The van der Waals surface area contributed by atoms with Crippen molar-refractivity contribution in [2.24, 2.45) is 4.99 Å². The number of hydrogen-bond donors (Lipinski definition) is 0. The Morgan fingerprint density at radius 1 is 1.13 bits per heavy atom. The molecule has 0 aromatic rings. The molecule has 0 aromatic carbocycles. The van der Waals surface area contributed by atoms with Crippen molar-refractivity contribution in [3.63, 3.8) is 0 Å². The Kier molecular flexibility index (Phi) is 3.56. The number of rotatable bonds is 0. The number of nitrogens with zero attached hydrogens (tertiary/aromatic N) is 3. The summed E-state index contributed by atoms with van der Waals surface area (Å²) in [6.07, 6.45) is 10.4. The first kappa shape index (κ1) is 10.4. The van der Waals surface area contributed by atoms with Crippen LogP contribution >= 0.6 is 0 Å². The van der Waals surface area contributed by atoms with Gasteiger partial charge in [0.1, 0.15) is 5.84 Å². The molecule has 15 heavy (non-hydrogen) atoms. The summed E-state index contributed by atoms with van der Waals surface area (Å²) in [7, 11) is 2.18. The minimum absolute atomic E-state index is 1.07. The number of piperazine rings is 1. The summed E-state index contributed by atoms with van der Waals surface area (Å²) < 4.78 is 0. The summed E-state index contributed by atoms with van der Waals surface area (Å²) >= 11 is 0. The Morgan fingerprint density at radius 3 is 2.73 bits per heavy atom. The van der Waals surface area contributed by atoms with Crippen molar-refractivity contribution < 1.29 is 0 Å². The summed E-state index contributed by atoms with van der Waals surface area (Å²) in [5.41, 5.74) is 0. The molecule has 0 aromatic heterocycles. The molecule has 1 saturated heterocycles. The summed E-state index contributed by atoms with van der Waals surface area (Å²) in [5.74, 6) is 1.25. The minimum atomic E-state index is 1.07. The van der Waals surface area contributed by atoms with E-state index in [1.54, 1.807) is 0 Å². The second kappa shape index (κ2) is 5.12. The van der Waals surface area contributed by atoms with Crippen LogP contribution in [0.5, 0.6) is 0 Å². The van der Waals surface area contributed by atoms with E-state index in [2.05, 4.69) is 34.0 Å². The largest absolute Gasteiger partial charge is 0.357 e. The van der Waals surface area contributed by atoms with E-state index in [4.69, 9.17) is 0 Å². The van der Waals surface area contributed by atoms with Gasteiger partial charge in [-0.25, -0.2) is 4.99 Å². The molecule has 0 bridgehead atoms. The van der Waals surface area contributed by atoms with Crippen LogP contribution in [0.25, 0.3) is 0 Å². The van der Waals surface area contributed by atoms with Gasteiger partial charge in [-0.1, -0.05) is 12.2 Å². The zero-order valence-corrected chi connectivity index (χ0v) is 9.39. The first-order valence-corrected chi connectivity index (χ1v) is 5.68. The fraction of sp³-hybridized carbons (Fsp3) is 0.583. The van der Waals surface area contributed by atoms with Crippen LogP contribution in [0.1, 0.15) is 12.8 Å². The fourth-order valence-corrected chi connectivity index (χ4v) is 1.93. The lowest BCUT2D eigenvalue weighted by Crippen LogP contribution is -2.47. The van der Waals surface area contributed by atoms with Gasteiger partial charge in [0.15, 0.2) is 0 Å². The van der Waals surface area contributed by atoms with E-state index in [0.29, 0.717) is 0 Å². The zero-order chi connectivity index (χ0) is 10.5. The monoisotopic (exact) mass is 205 g/mol. The molecular formula is C12H19N3. The van der Waals surface area contributed by atoms with Crippen LogP contribution in [-0.4, -0.2) is 48.9 Å². The molecule has 3 nitrogen and oxygen atoms in total. The summed E-state index contributed by atoms with van der Waals surface area (Å²) in [5, 5.41) is 0. The molecule has 2 rings (SSSR count). The van der Waals surface area contributed by atoms with Crippen LogP contribution < -0.4 is 0 Å². The Bertz CT molecular complexity index is 283. The van der Waals surface area contributed by atoms with E-state index < -0.39 is 0 Å². The number of amidine groups is 1. The number of likely N-dealkylation sites (N-methyl/N-ethyl adjacent to an activating group) is 1. The van der Waals surface area contributed by atoms with E-state index in [1.807, 2.05) is 12.3 Å². The predicted molar refractivity (Wildman–Crippen MR) is 64.0 cm³/mol. The Hall–Kier alpha value is -1.09. The first-order chi connectivity index (χ1) is 7.36. The van der Waals surface area contributed by atoms with Crippen molar-refractivity contribution in [1.29, 1.82) is 0 Å². The molecule has 0 radical (unpaired) electrons. The third-order valence-electron chi connectivity index (χ3n) is 2.96. The second-order valence-corrected chi connectivity index (χ2v) is 4.14. The van der Waals surface area contributed by atoms with Crippen LogP contribution in [0.3, 0.4) is 0 Å². The summed E-state index contributed by atoms with van der Waals surface area (Å²) in [4.78, 5) is 9.32. The Labute approximate surface area is 91.8 Å². The standard InChI is InChI=1S/C12H19N3/c1-14-8-10-15(11-9-14)12-6-4-2-3-5-7-13-12/h2-3,5,7H,4,6,8-11H2,1H3/b3-2-,7-5-,13-12?. The molecule has 0 aliphatic carbocycles. The van der Waals surface area contributed by atoms with Gasteiger partial charge in [-0.2, -0.15) is 0 Å². The van der Waals surface area contributed by atoms with E-state index in [1.165, 1.54) is 5.84 Å². The van der Waals surface area contributed by atoms with Crippen molar-refractivity contribution in [3.8, 4) is 0 Å². The average Bonchev–Trinajstić information content (AvgIpc) is 2.19. The normalized spacial score (nSPS) is 27.8. The van der Waals surface area contributed by atoms with Gasteiger partial charge < -0.3 is 9.80 Å². The van der Waals surface area contributed by atoms with Gasteiger partial charge >= 0.3 is 0 Å². The lowest BCUT2D eigenvalue weighted by molar-refractivity contribution is 0.213. The third-order valence-corrected chi connectivity index (χ3v) is 2.96. The SMILES string of the molecule is CN1CCN(C2=N/C=C\C=C/CC2)CC1. The maximum Gasteiger partial charge on any atom is 0.104 e. The van der Waals surface area contributed by atoms with Crippen LogP contribution in [0.2, 0.25) is 0 Å². The zero-order valence-electron chi connectivity index (χ0n) is 9.39. The lowest BCUT2D eigenvalue weighted by atomic mass is 10.2. The minimum Gasteiger partial charge on any atom is -0.357 e. The smallest absolute Gasteiger partial charge is 0.104 e. The molecule has 3 heteroatoms. The molecule has 0 saturated carbocycles. The molecule has 0 spiro atoms. The Morgan fingerprint density at radius 2 is 1.93 bits per heavy atom. The predicted octanol–water partition coefficient (Wildman–Crippen LogP) is 1.50. The molecule has 0 atom stereocenters. The molecule has 2 aliphatic rings. The third kappa shape index (κ3) is 2.93. The number of hydrogen-bond acceptors (Lipinski definition) is 3. The summed E-state index contributed by atoms with van der Waals surface area (Å²) in [6, 6.07) is 0. The quantitative estimate of drug-likeness (QED) is 0.597. The first-order valence-electron chi connectivity index (χ1n) is 5.68. The Balaban J connectivity index is 1.97. The molecular weight excluding hydrogens is 186 g/mol. The van der Waals surface area contributed by atoms with Crippen LogP contribution in [0.4, 0.5) is 0 Å². The van der Waals surface area contributed by atoms with Crippen molar-refractivity contribution in [2.75, 3.05) is 33.2 Å². The van der Waals surface area contributed by atoms with Crippen molar-refractivity contribution >= 4 is 5.84 Å². The molecule has 0 unspecified atom stereocenters. The van der Waals surface area contributed by atoms with E-state index in [9.17, 15) is 0 Å². The van der Waals surface area contributed by atoms with Crippen molar-refractivity contribution in [1.82, 2.24) is 9.80 Å². The average molecular weight is 205 g/mol. The van der Waals surface area contributed by atoms with Gasteiger partial charge in [-0.3, -0.25) is 0 Å². The van der Waals surface area contributed by atoms with Gasteiger partial charge in [0.2, 0.25) is 0 Å². The maximum absolute atomic E-state index is 4.52. The van der Waals surface area contributed by atoms with Gasteiger partial charge in [0, 0.05) is 38.8 Å². The highest BCUT2D eigenvalue weighted by Gasteiger charge is 2.16. The fourth-order valence-electron chi connectivity index (χ4n) is 1.93. The molecule has 0 amide bonds. The highest BCUT2D eigenvalue weighted by Crippen LogP contribution is 2.08. The molecule has 0 N–H and O–H groups in total. The number of allylic oxidation sites excluding steroid dienone is 3. The van der Waals surface area contributed by atoms with Gasteiger partial charge in [-0.15, -0.1) is 0 Å². The highest BCUT2D eigenvalue weighted by atomic mass is 15.3. The molecule has 2 heterocycles. The lowest BCUT2D eigenvalue weighted by Gasteiger charge is -2.34. The van der Waals surface area contributed by atoms with Gasteiger partial charge in [0.25, 0.3) is 0 Å².